The van der Waals surface area contributed by atoms with Crippen molar-refractivity contribution in [3.05, 3.63) is 66.5 Å². The molecule has 0 aliphatic carbocycles. The number of halogens is 1. The molecule has 0 fully saturated rings. The van der Waals surface area contributed by atoms with Crippen molar-refractivity contribution in [3.63, 3.8) is 0 Å². The van der Waals surface area contributed by atoms with Gasteiger partial charge in [0.05, 0.1) is 12.9 Å². The van der Waals surface area contributed by atoms with Gasteiger partial charge < -0.3 is 10.1 Å². The molecule has 2 aromatic carbocycles. The topological polar surface area (TPSA) is 81.4 Å². The van der Waals surface area contributed by atoms with Crippen molar-refractivity contribution in [1.29, 1.82) is 0 Å². The van der Waals surface area contributed by atoms with Crippen LogP contribution in [0.3, 0.4) is 0 Å². The first-order valence-corrected chi connectivity index (χ1v) is 9.66. The molecular weight excluding hydrogens is 393 g/mol. The monoisotopic (exact) mass is 409 g/mol. The summed E-state index contributed by atoms with van der Waals surface area (Å²) in [4.78, 5) is 12.2. The number of fused-ring (bicyclic) bond motifs is 1. The molecule has 0 unspecified atom stereocenters. The zero-order valence-electron chi connectivity index (χ0n) is 15.4. The van der Waals surface area contributed by atoms with Gasteiger partial charge in [-0.3, -0.25) is 4.79 Å². The summed E-state index contributed by atoms with van der Waals surface area (Å²) in [6.45, 7) is 0. The SMILES string of the molecule is COc1ccc(NC(=O)CSc2ccc3nnc(-c4cccc(F)c4)n3n2)cc1. The Bertz CT molecular complexity index is 1160. The highest BCUT2D eigenvalue weighted by Crippen LogP contribution is 2.22. The maximum Gasteiger partial charge on any atom is 0.234 e. The molecule has 0 spiro atoms. The third-order valence-electron chi connectivity index (χ3n) is 4.05. The molecule has 0 atom stereocenters. The number of methoxy groups -OCH3 is 1. The van der Waals surface area contributed by atoms with Gasteiger partial charge in [0.25, 0.3) is 0 Å². The predicted molar refractivity (Wildman–Crippen MR) is 109 cm³/mol. The minimum atomic E-state index is -0.361. The Hall–Kier alpha value is -3.46. The molecule has 0 radical (unpaired) electrons. The fourth-order valence-corrected chi connectivity index (χ4v) is 3.32. The van der Waals surface area contributed by atoms with Crippen molar-refractivity contribution in [2.45, 2.75) is 5.03 Å². The number of ether oxygens (including phenoxy) is 1. The number of carbonyl (C=O) groups excluding carboxylic acids is 1. The standard InChI is InChI=1S/C20H16FN5O2S/c1-28-16-7-5-15(6-8-16)22-18(27)12-29-19-10-9-17-23-24-20(26(17)25-19)13-3-2-4-14(21)11-13/h2-11H,12H2,1H3,(H,22,27). The lowest BCUT2D eigenvalue weighted by molar-refractivity contribution is -0.113. The van der Waals surface area contributed by atoms with Gasteiger partial charge in [0, 0.05) is 11.3 Å². The van der Waals surface area contributed by atoms with Gasteiger partial charge in [0.2, 0.25) is 5.91 Å². The third-order valence-corrected chi connectivity index (χ3v) is 4.97. The molecule has 1 amide bonds. The maximum atomic E-state index is 13.5. The van der Waals surface area contributed by atoms with Crippen LogP contribution in [0.5, 0.6) is 5.75 Å². The molecule has 146 valence electrons. The Morgan fingerprint density at radius 1 is 1.14 bits per heavy atom. The maximum absolute atomic E-state index is 13.5. The Morgan fingerprint density at radius 2 is 1.97 bits per heavy atom. The molecule has 0 saturated carbocycles. The van der Waals surface area contributed by atoms with Crippen LogP contribution in [0.1, 0.15) is 0 Å². The van der Waals surface area contributed by atoms with Crippen molar-refractivity contribution in [1.82, 2.24) is 19.8 Å². The van der Waals surface area contributed by atoms with E-state index in [2.05, 4.69) is 20.6 Å². The molecule has 4 aromatic rings. The van der Waals surface area contributed by atoms with Gasteiger partial charge in [0.1, 0.15) is 16.6 Å². The van der Waals surface area contributed by atoms with Crippen LogP contribution in [0.15, 0.2) is 65.7 Å². The summed E-state index contributed by atoms with van der Waals surface area (Å²) in [5, 5.41) is 16.1. The number of thioether (sulfide) groups is 1. The number of benzene rings is 2. The number of rotatable bonds is 6. The summed E-state index contributed by atoms with van der Waals surface area (Å²) in [5.41, 5.74) is 1.80. The van der Waals surface area contributed by atoms with Crippen LogP contribution in [0.25, 0.3) is 17.0 Å². The molecule has 0 saturated heterocycles. The van der Waals surface area contributed by atoms with Crippen molar-refractivity contribution < 1.29 is 13.9 Å². The number of carbonyl (C=O) groups is 1. The molecule has 0 aliphatic heterocycles. The lowest BCUT2D eigenvalue weighted by Gasteiger charge is -2.06. The molecule has 0 aliphatic rings. The van der Waals surface area contributed by atoms with Crippen LogP contribution in [0.4, 0.5) is 10.1 Å². The van der Waals surface area contributed by atoms with E-state index in [9.17, 15) is 9.18 Å². The van der Waals surface area contributed by atoms with Crippen LogP contribution in [0.2, 0.25) is 0 Å². The van der Waals surface area contributed by atoms with Gasteiger partial charge in [-0.2, -0.15) is 9.61 Å². The molecule has 4 rings (SSSR count). The molecule has 2 aromatic heterocycles. The highest BCUT2D eigenvalue weighted by molar-refractivity contribution is 7.99. The Labute approximate surface area is 169 Å². The highest BCUT2D eigenvalue weighted by Gasteiger charge is 2.12. The van der Waals surface area contributed by atoms with E-state index in [0.29, 0.717) is 27.7 Å². The second kappa shape index (κ2) is 8.27. The first-order valence-electron chi connectivity index (χ1n) is 8.67. The summed E-state index contributed by atoms with van der Waals surface area (Å²) in [6, 6.07) is 16.7. The molecule has 0 bridgehead atoms. The number of hydrogen-bond donors (Lipinski definition) is 1. The minimum absolute atomic E-state index is 0.156. The van der Waals surface area contributed by atoms with Crippen molar-refractivity contribution >= 4 is 29.0 Å². The normalized spacial score (nSPS) is 10.8. The van der Waals surface area contributed by atoms with E-state index in [0.717, 1.165) is 5.75 Å². The van der Waals surface area contributed by atoms with Crippen LogP contribution >= 0.6 is 11.8 Å². The Morgan fingerprint density at radius 3 is 2.72 bits per heavy atom. The summed E-state index contributed by atoms with van der Waals surface area (Å²) < 4.78 is 20.2. The second-order valence-corrected chi connectivity index (χ2v) is 7.04. The molecule has 1 N–H and O–H groups in total. The van der Waals surface area contributed by atoms with E-state index in [1.54, 1.807) is 60.2 Å². The molecular formula is C20H16FN5O2S. The van der Waals surface area contributed by atoms with Crippen LogP contribution in [0, 0.1) is 5.82 Å². The Kier molecular flexibility index (Phi) is 5.39. The summed E-state index contributed by atoms with van der Waals surface area (Å²) in [5.74, 6) is 0.820. The number of anilines is 1. The van der Waals surface area contributed by atoms with E-state index in [1.807, 2.05) is 0 Å². The fraction of sp³-hybridized carbons (Fsp3) is 0.100. The van der Waals surface area contributed by atoms with E-state index < -0.39 is 0 Å². The molecule has 2 heterocycles. The van der Waals surface area contributed by atoms with Crippen LogP contribution in [-0.2, 0) is 4.79 Å². The second-order valence-electron chi connectivity index (χ2n) is 6.04. The van der Waals surface area contributed by atoms with Gasteiger partial charge in [-0.1, -0.05) is 23.9 Å². The van der Waals surface area contributed by atoms with E-state index >= 15 is 0 Å². The van der Waals surface area contributed by atoms with Crippen LogP contribution in [-0.4, -0.2) is 38.6 Å². The average Bonchev–Trinajstić information content (AvgIpc) is 3.16. The number of nitrogens with one attached hydrogen (secondary N) is 1. The van der Waals surface area contributed by atoms with Crippen molar-refractivity contribution in [2.75, 3.05) is 18.2 Å². The lowest BCUT2D eigenvalue weighted by atomic mass is 10.2. The molecule has 9 heteroatoms. The van der Waals surface area contributed by atoms with E-state index in [1.165, 1.54) is 23.9 Å². The molecule has 7 nitrogen and oxygen atoms in total. The number of nitrogens with zero attached hydrogens (tertiary/aromatic N) is 4. The van der Waals surface area contributed by atoms with Gasteiger partial charge in [0.15, 0.2) is 11.5 Å². The first kappa shape index (κ1) is 18.9. The highest BCUT2D eigenvalue weighted by atomic mass is 32.2. The lowest BCUT2D eigenvalue weighted by Crippen LogP contribution is -2.14. The van der Waals surface area contributed by atoms with Crippen LogP contribution < -0.4 is 10.1 Å². The summed E-state index contributed by atoms with van der Waals surface area (Å²) in [6.07, 6.45) is 0. The fourth-order valence-electron chi connectivity index (χ4n) is 2.67. The molecule has 29 heavy (non-hydrogen) atoms. The zero-order chi connectivity index (χ0) is 20.2. The first-order chi connectivity index (χ1) is 14.1. The minimum Gasteiger partial charge on any atom is -0.497 e. The van der Waals surface area contributed by atoms with Crippen molar-refractivity contribution in [3.8, 4) is 17.1 Å². The Balaban J connectivity index is 1.46. The summed E-state index contributed by atoms with van der Waals surface area (Å²) >= 11 is 1.28. The predicted octanol–water partition coefficient (Wildman–Crippen LogP) is 3.67. The summed E-state index contributed by atoms with van der Waals surface area (Å²) in [7, 11) is 1.59. The third kappa shape index (κ3) is 4.35. The van der Waals surface area contributed by atoms with Gasteiger partial charge in [-0.05, 0) is 48.5 Å². The zero-order valence-corrected chi connectivity index (χ0v) is 16.2. The smallest absolute Gasteiger partial charge is 0.234 e. The van der Waals surface area contributed by atoms with E-state index in [-0.39, 0.29) is 17.5 Å². The van der Waals surface area contributed by atoms with Gasteiger partial charge in [-0.25, -0.2) is 4.39 Å². The number of amides is 1. The number of hydrogen-bond acceptors (Lipinski definition) is 6. The van der Waals surface area contributed by atoms with Gasteiger partial charge >= 0.3 is 0 Å². The average molecular weight is 409 g/mol. The number of aromatic nitrogens is 4. The van der Waals surface area contributed by atoms with E-state index in [4.69, 9.17) is 4.74 Å². The van der Waals surface area contributed by atoms with Gasteiger partial charge in [-0.15, -0.1) is 10.2 Å². The largest absolute Gasteiger partial charge is 0.497 e. The van der Waals surface area contributed by atoms with Crippen molar-refractivity contribution in [2.24, 2.45) is 0 Å². The quantitative estimate of drug-likeness (QED) is 0.490.